The number of oxime groups is 1. The molecule has 9 heteroatoms. The van der Waals surface area contributed by atoms with Crippen LogP contribution in [0.1, 0.15) is 39.9 Å². The second-order valence-electron chi connectivity index (χ2n) is 7.90. The fourth-order valence-corrected chi connectivity index (χ4v) is 3.77. The van der Waals surface area contributed by atoms with Crippen LogP contribution >= 0.6 is 0 Å². The Morgan fingerprint density at radius 1 is 1.18 bits per heavy atom. The zero-order valence-electron chi connectivity index (χ0n) is 18.4. The number of hydrogen-bond acceptors (Lipinski definition) is 8. The number of carbonyl (C=O) groups is 3. The molecule has 1 atom stereocenters. The monoisotopic (exact) mass is 459 g/mol. The van der Waals surface area contributed by atoms with Crippen LogP contribution in [0.5, 0.6) is 5.75 Å². The number of amides is 1. The number of likely N-dealkylation sites (tertiary alicyclic amines) is 1. The highest BCUT2D eigenvalue weighted by atomic mass is 16.7. The Bertz CT molecular complexity index is 1270. The summed E-state index contributed by atoms with van der Waals surface area (Å²) in [5.74, 6) is -0.933. The Balaban J connectivity index is 1.55. The van der Waals surface area contributed by atoms with Crippen LogP contribution in [0.2, 0.25) is 0 Å². The molecule has 2 heterocycles. The van der Waals surface area contributed by atoms with Gasteiger partial charge in [0.2, 0.25) is 17.8 Å². The van der Waals surface area contributed by atoms with Gasteiger partial charge >= 0.3 is 6.09 Å². The van der Waals surface area contributed by atoms with Gasteiger partial charge in [-0.1, -0.05) is 41.6 Å². The van der Waals surface area contributed by atoms with Crippen molar-refractivity contribution in [3.05, 3.63) is 70.3 Å². The molecule has 0 spiro atoms. The zero-order valence-corrected chi connectivity index (χ0v) is 18.4. The minimum absolute atomic E-state index is 0.205. The van der Waals surface area contributed by atoms with E-state index in [0.717, 1.165) is 18.4 Å². The number of fused-ring (bicyclic) bond motifs is 1. The summed E-state index contributed by atoms with van der Waals surface area (Å²) < 4.78 is 5.46. The number of hydrogen-bond donors (Lipinski definition) is 1. The number of ether oxygens (including phenoxy) is 1. The molecule has 1 saturated heterocycles. The lowest BCUT2D eigenvalue weighted by Crippen LogP contribution is -2.31. The first-order valence-corrected chi connectivity index (χ1v) is 10.7. The van der Waals surface area contributed by atoms with E-state index in [0.29, 0.717) is 29.8 Å². The maximum Gasteiger partial charge on any atom is 0.436 e. The highest BCUT2D eigenvalue weighted by Crippen LogP contribution is 2.31. The van der Waals surface area contributed by atoms with Crippen LogP contribution in [0, 0.1) is 18.3 Å². The first-order valence-electron chi connectivity index (χ1n) is 10.7. The van der Waals surface area contributed by atoms with E-state index in [2.05, 4.69) is 5.16 Å². The van der Waals surface area contributed by atoms with E-state index in [9.17, 15) is 24.8 Å². The van der Waals surface area contributed by atoms with E-state index in [-0.39, 0.29) is 17.1 Å². The van der Waals surface area contributed by atoms with Crippen LogP contribution in [-0.4, -0.2) is 52.8 Å². The Kier molecular flexibility index (Phi) is 6.52. The molecule has 2 aromatic carbocycles. The number of nitrogens with zero attached hydrogens (tertiary/aromatic N) is 3. The molecule has 9 nitrogen and oxygen atoms in total. The van der Waals surface area contributed by atoms with Crippen molar-refractivity contribution in [2.75, 3.05) is 13.1 Å². The predicted octanol–water partition coefficient (Wildman–Crippen LogP) is 3.00. The minimum Gasteiger partial charge on any atom is -0.460 e. The van der Waals surface area contributed by atoms with Crippen molar-refractivity contribution >= 4 is 29.4 Å². The van der Waals surface area contributed by atoms with Crippen LogP contribution < -0.4 is 4.74 Å². The molecule has 1 unspecified atom stereocenters. The van der Waals surface area contributed by atoms with Crippen molar-refractivity contribution in [1.29, 1.82) is 5.26 Å². The van der Waals surface area contributed by atoms with Crippen molar-refractivity contribution in [3.63, 3.8) is 0 Å². The lowest BCUT2D eigenvalue weighted by molar-refractivity contribution is -0.112. The van der Waals surface area contributed by atoms with Gasteiger partial charge in [0, 0.05) is 29.8 Å². The predicted molar refractivity (Wildman–Crippen MR) is 121 cm³/mol. The van der Waals surface area contributed by atoms with Gasteiger partial charge in [-0.2, -0.15) is 5.26 Å². The molecule has 0 aromatic heterocycles. The van der Waals surface area contributed by atoms with Gasteiger partial charge in [-0.3, -0.25) is 14.4 Å². The SMILES string of the molecule is Cc1ccccc1C(=O)c1ccc2c(c1)OC(O)C(C(=O)/C(C#N)=N\OC(=O)N1CCCC1)=C2. The summed E-state index contributed by atoms with van der Waals surface area (Å²) >= 11 is 0. The molecule has 1 fully saturated rings. The van der Waals surface area contributed by atoms with Gasteiger partial charge in [0.05, 0.1) is 5.57 Å². The van der Waals surface area contributed by atoms with Crippen LogP contribution in [-0.2, 0) is 9.63 Å². The Morgan fingerprint density at radius 3 is 2.62 bits per heavy atom. The second-order valence-corrected chi connectivity index (χ2v) is 7.90. The summed E-state index contributed by atoms with van der Waals surface area (Å²) in [7, 11) is 0. The molecule has 1 N–H and O–H groups in total. The molecule has 2 aliphatic heterocycles. The number of aliphatic hydroxyl groups is 1. The third kappa shape index (κ3) is 4.58. The third-order valence-corrected chi connectivity index (χ3v) is 5.64. The topological polar surface area (TPSA) is 129 Å². The molecule has 0 saturated carbocycles. The van der Waals surface area contributed by atoms with Crippen molar-refractivity contribution in [1.82, 2.24) is 4.90 Å². The van der Waals surface area contributed by atoms with Crippen LogP contribution in [0.25, 0.3) is 6.08 Å². The molecule has 2 aromatic rings. The number of ketones is 2. The van der Waals surface area contributed by atoms with Crippen molar-refractivity contribution in [3.8, 4) is 11.8 Å². The Labute approximate surface area is 195 Å². The first kappa shape index (κ1) is 22.9. The molecular weight excluding hydrogens is 438 g/mol. The number of nitriles is 1. The van der Waals surface area contributed by atoms with E-state index >= 15 is 0 Å². The quantitative estimate of drug-likeness (QED) is 0.315. The summed E-state index contributed by atoms with van der Waals surface area (Å²) in [4.78, 5) is 43.8. The number of aryl methyl sites for hydroxylation is 1. The number of rotatable bonds is 5. The summed E-state index contributed by atoms with van der Waals surface area (Å²) in [5.41, 5.74) is 1.22. The van der Waals surface area contributed by atoms with E-state index in [1.54, 1.807) is 30.3 Å². The molecule has 0 radical (unpaired) electrons. The van der Waals surface area contributed by atoms with E-state index in [1.165, 1.54) is 17.0 Å². The summed E-state index contributed by atoms with van der Waals surface area (Å²) in [6, 6.07) is 13.4. The lowest BCUT2D eigenvalue weighted by atomic mass is 9.96. The van der Waals surface area contributed by atoms with Gasteiger partial charge in [0.25, 0.3) is 0 Å². The fraction of sp³-hybridized carbons (Fsp3) is 0.240. The molecule has 34 heavy (non-hydrogen) atoms. The summed E-state index contributed by atoms with van der Waals surface area (Å²) in [6.45, 7) is 2.88. The number of carbonyl (C=O) groups excluding carboxylic acids is 3. The van der Waals surface area contributed by atoms with Crippen molar-refractivity contribution < 1.29 is 29.1 Å². The summed E-state index contributed by atoms with van der Waals surface area (Å²) in [5, 5.41) is 23.1. The van der Waals surface area contributed by atoms with Gasteiger partial charge in [-0.15, -0.1) is 0 Å². The van der Waals surface area contributed by atoms with Gasteiger partial charge in [0.15, 0.2) is 5.78 Å². The molecule has 2 aliphatic rings. The molecule has 1 amide bonds. The molecule has 0 aliphatic carbocycles. The maximum atomic E-state index is 12.9. The lowest BCUT2D eigenvalue weighted by Gasteiger charge is -2.22. The van der Waals surface area contributed by atoms with Crippen LogP contribution in [0.4, 0.5) is 4.79 Å². The third-order valence-electron chi connectivity index (χ3n) is 5.64. The van der Waals surface area contributed by atoms with Gasteiger partial charge < -0.3 is 14.7 Å². The Hall–Kier alpha value is -4.29. The average Bonchev–Trinajstić information content (AvgIpc) is 3.38. The van der Waals surface area contributed by atoms with E-state index in [4.69, 9.17) is 9.57 Å². The zero-order chi connectivity index (χ0) is 24.2. The number of benzene rings is 2. The molecular formula is C25H21N3O6. The van der Waals surface area contributed by atoms with Crippen LogP contribution in [0.15, 0.2) is 53.2 Å². The standard InChI is InChI=1S/C25H21N3O6/c1-15-6-2-3-7-18(15)22(29)17-9-8-16-12-19(24(31)33-21(16)13-17)23(30)20(14-26)27-34-25(32)28-10-4-5-11-28/h2-3,6-9,12-13,24,31H,4-5,10-11H2,1H3/b27-20-. The summed E-state index contributed by atoms with van der Waals surface area (Å²) in [6.07, 6.45) is 0.594. The highest BCUT2D eigenvalue weighted by molar-refractivity contribution is 6.52. The smallest absolute Gasteiger partial charge is 0.436 e. The number of Topliss-reactive ketones (excluding diaryl/α,β-unsaturated/α-hetero) is 1. The molecule has 172 valence electrons. The fourth-order valence-electron chi connectivity index (χ4n) is 3.77. The molecule has 0 bridgehead atoms. The average molecular weight is 459 g/mol. The second kappa shape index (κ2) is 9.68. The molecule has 4 rings (SSSR count). The van der Waals surface area contributed by atoms with Gasteiger partial charge in [0.1, 0.15) is 11.8 Å². The van der Waals surface area contributed by atoms with Crippen molar-refractivity contribution in [2.24, 2.45) is 5.16 Å². The van der Waals surface area contributed by atoms with Crippen LogP contribution in [0.3, 0.4) is 0 Å². The van der Waals surface area contributed by atoms with Gasteiger partial charge in [-0.25, -0.2) is 4.79 Å². The highest BCUT2D eigenvalue weighted by Gasteiger charge is 2.30. The minimum atomic E-state index is -1.70. The van der Waals surface area contributed by atoms with Crippen molar-refractivity contribution in [2.45, 2.75) is 26.1 Å². The first-order chi connectivity index (χ1) is 16.4. The van der Waals surface area contributed by atoms with E-state index in [1.807, 2.05) is 19.1 Å². The largest absolute Gasteiger partial charge is 0.460 e. The maximum absolute atomic E-state index is 12.9. The van der Waals surface area contributed by atoms with E-state index < -0.39 is 23.9 Å². The Morgan fingerprint density at radius 2 is 1.91 bits per heavy atom. The normalized spacial score (nSPS) is 17.2. The number of aliphatic hydroxyl groups excluding tert-OH is 1. The van der Waals surface area contributed by atoms with Gasteiger partial charge in [-0.05, 0) is 37.5 Å².